The number of nitrogens with two attached hydrogens (primary N) is 1. The van der Waals surface area contributed by atoms with Gasteiger partial charge in [-0.1, -0.05) is 18.3 Å². The van der Waals surface area contributed by atoms with Crippen molar-refractivity contribution in [2.45, 2.75) is 25.8 Å². The molecule has 0 aliphatic heterocycles. The summed E-state index contributed by atoms with van der Waals surface area (Å²) in [5, 5.41) is 4.19. The van der Waals surface area contributed by atoms with Crippen LogP contribution in [0.15, 0.2) is 16.6 Å². The molecule has 0 saturated heterocycles. The lowest BCUT2D eigenvalue weighted by Gasteiger charge is -2.18. The van der Waals surface area contributed by atoms with Crippen LogP contribution >= 0.6 is 27.5 Å². The van der Waals surface area contributed by atoms with E-state index in [1.54, 1.807) is 14.2 Å². The summed E-state index contributed by atoms with van der Waals surface area (Å²) < 4.78 is 15.6. The molecule has 114 valence electrons. The van der Waals surface area contributed by atoms with Gasteiger partial charge in [0.1, 0.15) is 16.0 Å². The Morgan fingerprint density at radius 3 is 2.52 bits per heavy atom. The van der Waals surface area contributed by atoms with Crippen LogP contribution in [0.5, 0.6) is 11.5 Å². The molecule has 1 aromatic heterocycles. The van der Waals surface area contributed by atoms with E-state index < -0.39 is 0 Å². The van der Waals surface area contributed by atoms with Gasteiger partial charge in [0.2, 0.25) is 0 Å². The second-order valence-corrected chi connectivity index (χ2v) is 6.44. The zero-order valence-electron chi connectivity index (χ0n) is 12.4. The lowest BCUT2D eigenvalue weighted by Crippen LogP contribution is -2.14. The van der Waals surface area contributed by atoms with Crippen LogP contribution in [-0.4, -0.2) is 23.8 Å². The summed E-state index contributed by atoms with van der Waals surface area (Å²) in [6.07, 6.45) is 0. The Morgan fingerprint density at radius 2 is 1.95 bits per heavy atom. The van der Waals surface area contributed by atoms with E-state index in [0.717, 1.165) is 20.6 Å². The van der Waals surface area contributed by atoms with Crippen molar-refractivity contribution < 1.29 is 9.47 Å². The number of ether oxygens (including phenoxy) is 2. The third-order valence-corrected chi connectivity index (χ3v) is 4.79. The van der Waals surface area contributed by atoms with Gasteiger partial charge in [-0.05, 0) is 45.5 Å². The van der Waals surface area contributed by atoms with Crippen molar-refractivity contribution in [3.63, 3.8) is 0 Å². The molecule has 5 nitrogen and oxygen atoms in total. The predicted octanol–water partition coefficient (Wildman–Crippen LogP) is 3.49. The van der Waals surface area contributed by atoms with E-state index in [1.165, 1.54) is 11.5 Å². The molecule has 1 unspecified atom stereocenters. The van der Waals surface area contributed by atoms with E-state index in [1.807, 2.05) is 12.1 Å². The highest BCUT2D eigenvalue weighted by atomic mass is 79.9. The van der Waals surface area contributed by atoms with Crippen molar-refractivity contribution >= 4 is 27.5 Å². The van der Waals surface area contributed by atoms with E-state index in [2.05, 4.69) is 39.4 Å². The normalized spacial score (nSPS) is 12.5. The Kier molecular flexibility index (Phi) is 5.18. The van der Waals surface area contributed by atoms with Gasteiger partial charge >= 0.3 is 0 Å². The van der Waals surface area contributed by atoms with E-state index in [4.69, 9.17) is 15.2 Å². The fourth-order valence-corrected chi connectivity index (χ4v) is 3.64. The maximum atomic E-state index is 6.42. The molecule has 0 saturated carbocycles. The molecule has 2 aromatic rings. The molecule has 0 aliphatic carbocycles. The number of aromatic nitrogens is 2. The number of halogens is 1. The monoisotopic (exact) mass is 371 g/mol. The molecular formula is C14H18BrN3O2S. The number of nitrogens with zero attached hydrogens (tertiary/aromatic N) is 2. The summed E-state index contributed by atoms with van der Waals surface area (Å²) >= 11 is 4.83. The van der Waals surface area contributed by atoms with Crippen LogP contribution in [0.25, 0.3) is 0 Å². The van der Waals surface area contributed by atoms with Crippen LogP contribution in [0.1, 0.15) is 41.9 Å². The molecule has 2 rings (SSSR count). The second kappa shape index (κ2) is 6.72. The average Bonchev–Trinajstić information content (AvgIpc) is 2.95. The van der Waals surface area contributed by atoms with E-state index in [0.29, 0.717) is 11.5 Å². The van der Waals surface area contributed by atoms with E-state index >= 15 is 0 Å². The lowest BCUT2D eigenvalue weighted by molar-refractivity contribution is 0.385. The summed E-state index contributed by atoms with van der Waals surface area (Å²) in [5.41, 5.74) is 8.23. The third kappa shape index (κ3) is 3.04. The first-order valence-corrected chi connectivity index (χ1v) is 8.06. The zero-order chi connectivity index (χ0) is 15.6. The maximum Gasteiger partial charge on any atom is 0.141 e. The summed E-state index contributed by atoms with van der Waals surface area (Å²) in [7, 11) is 3.23. The van der Waals surface area contributed by atoms with Gasteiger partial charge in [0.25, 0.3) is 0 Å². The van der Waals surface area contributed by atoms with E-state index in [9.17, 15) is 0 Å². The van der Waals surface area contributed by atoms with Gasteiger partial charge in [0, 0.05) is 5.56 Å². The molecule has 1 heterocycles. The molecule has 21 heavy (non-hydrogen) atoms. The maximum absolute atomic E-state index is 6.42. The Hall–Kier alpha value is -1.18. The van der Waals surface area contributed by atoms with Crippen LogP contribution in [0.3, 0.4) is 0 Å². The molecule has 0 bridgehead atoms. The quantitative estimate of drug-likeness (QED) is 0.870. The highest BCUT2D eigenvalue weighted by Crippen LogP contribution is 2.41. The van der Waals surface area contributed by atoms with Gasteiger partial charge < -0.3 is 15.2 Å². The van der Waals surface area contributed by atoms with Crippen molar-refractivity contribution in [2.24, 2.45) is 5.73 Å². The number of hydrogen-bond acceptors (Lipinski definition) is 6. The van der Waals surface area contributed by atoms with Gasteiger partial charge in [-0.25, -0.2) is 0 Å². The van der Waals surface area contributed by atoms with Crippen molar-refractivity contribution in [3.05, 3.63) is 32.7 Å². The van der Waals surface area contributed by atoms with Crippen molar-refractivity contribution in [2.75, 3.05) is 14.2 Å². The van der Waals surface area contributed by atoms with Crippen LogP contribution in [-0.2, 0) is 0 Å². The Morgan fingerprint density at radius 1 is 1.24 bits per heavy atom. The Bertz CT molecular complexity index is 631. The standard InChI is InChI=1S/C14H18BrN3O2S/c1-7(2)12-14(21-18-17-12)11(16)8-5-6-9(19-3)10(15)13(8)20-4/h5-7,11H,16H2,1-4H3. The van der Waals surface area contributed by atoms with Crippen molar-refractivity contribution in [3.8, 4) is 11.5 Å². The largest absolute Gasteiger partial charge is 0.495 e. The van der Waals surface area contributed by atoms with E-state index in [-0.39, 0.29) is 12.0 Å². The molecule has 1 atom stereocenters. The summed E-state index contributed by atoms with van der Waals surface area (Å²) in [4.78, 5) is 0.959. The lowest BCUT2D eigenvalue weighted by atomic mass is 10.00. The highest BCUT2D eigenvalue weighted by molar-refractivity contribution is 9.10. The topological polar surface area (TPSA) is 70.3 Å². The first kappa shape index (κ1) is 16.2. The fraction of sp³-hybridized carbons (Fsp3) is 0.429. The minimum Gasteiger partial charge on any atom is -0.495 e. The fourth-order valence-electron chi connectivity index (χ4n) is 2.12. The van der Waals surface area contributed by atoms with Crippen molar-refractivity contribution in [1.82, 2.24) is 9.59 Å². The molecular weight excluding hydrogens is 354 g/mol. The average molecular weight is 372 g/mol. The molecule has 0 amide bonds. The number of methoxy groups -OCH3 is 2. The Balaban J connectivity index is 2.50. The third-order valence-electron chi connectivity index (χ3n) is 3.22. The second-order valence-electron chi connectivity index (χ2n) is 4.86. The predicted molar refractivity (Wildman–Crippen MR) is 87.3 cm³/mol. The summed E-state index contributed by atoms with van der Waals surface area (Å²) in [6.45, 7) is 4.16. The van der Waals surface area contributed by atoms with Gasteiger partial charge in [0.05, 0.1) is 30.8 Å². The smallest absolute Gasteiger partial charge is 0.141 e. The van der Waals surface area contributed by atoms with Gasteiger partial charge in [-0.3, -0.25) is 0 Å². The molecule has 1 aromatic carbocycles. The molecule has 2 N–H and O–H groups in total. The first-order valence-electron chi connectivity index (χ1n) is 6.49. The minimum atomic E-state index is -0.334. The van der Waals surface area contributed by atoms with Gasteiger partial charge in [0.15, 0.2) is 0 Å². The zero-order valence-corrected chi connectivity index (χ0v) is 14.8. The van der Waals surface area contributed by atoms with Crippen LogP contribution in [0.2, 0.25) is 0 Å². The molecule has 0 spiro atoms. The number of hydrogen-bond donors (Lipinski definition) is 1. The molecule has 7 heteroatoms. The summed E-state index contributed by atoms with van der Waals surface area (Å²) in [6, 6.07) is 3.45. The highest BCUT2D eigenvalue weighted by Gasteiger charge is 2.24. The SMILES string of the molecule is COc1ccc(C(N)c2snnc2C(C)C)c(OC)c1Br. The Labute approximate surface area is 136 Å². The van der Waals surface area contributed by atoms with Crippen LogP contribution in [0.4, 0.5) is 0 Å². The molecule has 0 fully saturated rings. The molecule has 0 radical (unpaired) electrons. The van der Waals surface area contributed by atoms with Crippen molar-refractivity contribution in [1.29, 1.82) is 0 Å². The van der Waals surface area contributed by atoms with Crippen LogP contribution in [0, 0.1) is 0 Å². The number of rotatable bonds is 5. The minimum absolute atomic E-state index is 0.275. The van der Waals surface area contributed by atoms with Gasteiger partial charge in [-0.2, -0.15) is 0 Å². The first-order chi connectivity index (χ1) is 10.0. The number of benzene rings is 1. The van der Waals surface area contributed by atoms with Gasteiger partial charge in [-0.15, -0.1) is 5.10 Å². The van der Waals surface area contributed by atoms with Crippen LogP contribution < -0.4 is 15.2 Å². The molecule has 0 aliphatic rings. The summed E-state index contributed by atoms with van der Waals surface area (Å²) in [5.74, 6) is 1.65.